The van der Waals surface area contributed by atoms with E-state index in [1.807, 2.05) is 43.3 Å². The van der Waals surface area contributed by atoms with E-state index in [0.717, 1.165) is 33.4 Å². The molecule has 0 unspecified atom stereocenters. The summed E-state index contributed by atoms with van der Waals surface area (Å²) >= 11 is 0.836. The van der Waals surface area contributed by atoms with Gasteiger partial charge in [0, 0.05) is 12.0 Å². The monoisotopic (exact) mass is 407 g/mol. The molecule has 2 amide bonds. The molecule has 0 spiro atoms. The van der Waals surface area contributed by atoms with Crippen LogP contribution in [0.1, 0.15) is 40.4 Å². The number of Topliss-reactive ketones (excluding diaryl/α,β-unsaturated/α-hetero) is 2. The first kappa shape index (κ1) is 20.7. The van der Waals surface area contributed by atoms with E-state index >= 15 is 0 Å². The number of carbonyl (C=O) groups is 4. The van der Waals surface area contributed by atoms with Crippen molar-refractivity contribution in [3.63, 3.8) is 0 Å². The third kappa shape index (κ3) is 5.29. The van der Waals surface area contributed by atoms with Crippen molar-refractivity contribution in [2.45, 2.75) is 26.7 Å². The third-order valence-electron chi connectivity index (χ3n) is 4.59. The van der Waals surface area contributed by atoms with Crippen molar-refractivity contribution in [3.8, 4) is 0 Å². The Kier molecular flexibility index (Phi) is 6.44. The summed E-state index contributed by atoms with van der Waals surface area (Å²) in [6.45, 7) is 3.22. The highest BCUT2D eigenvalue weighted by molar-refractivity contribution is 8.18. The van der Waals surface area contributed by atoms with Crippen LogP contribution < -0.4 is 0 Å². The van der Waals surface area contributed by atoms with Gasteiger partial charge in [0.25, 0.3) is 11.1 Å². The number of thioether (sulfide) groups is 1. The minimum absolute atomic E-state index is 0.142. The molecule has 0 aromatic heterocycles. The predicted molar refractivity (Wildman–Crippen MR) is 114 cm³/mol. The SMILES string of the molecule is CC(=O)CCc1ccc(/C=C2\SC(=O)N(CC(=O)c3ccc(C)cc3)C2=O)cc1. The largest absolute Gasteiger partial charge is 0.300 e. The number of nitrogens with zero attached hydrogens (tertiary/aromatic N) is 1. The van der Waals surface area contributed by atoms with Crippen LogP contribution in [0, 0.1) is 6.92 Å². The highest BCUT2D eigenvalue weighted by Gasteiger charge is 2.36. The molecule has 0 atom stereocenters. The van der Waals surface area contributed by atoms with Gasteiger partial charge in [0.15, 0.2) is 5.78 Å². The van der Waals surface area contributed by atoms with Gasteiger partial charge in [0.1, 0.15) is 5.78 Å². The maximum absolute atomic E-state index is 12.6. The molecule has 1 fully saturated rings. The fourth-order valence-electron chi connectivity index (χ4n) is 2.86. The highest BCUT2D eigenvalue weighted by Crippen LogP contribution is 2.32. The second-order valence-electron chi connectivity index (χ2n) is 7.00. The molecule has 2 aromatic carbocycles. The van der Waals surface area contributed by atoms with Gasteiger partial charge in [-0.3, -0.25) is 19.3 Å². The lowest BCUT2D eigenvalue weighted by molar-refractivity contribution is -0.122. The molecule has 2 aromatic rings. The summed E-state index contributed by atoms with van der Waals surface area (Å²) in [5.41, 5.74) is 3.32. The lowest BCUT2D eigenvalue weighted by atomic mass is 10.1. The number of hydrogen-bond donors (Lipinski definition) is 0. The van der Waals surface area contributed by atoms with E-state index < -0.39 is 11.1 Å². The van der Waals surface area contributed by atoms with Crippen LogP contribution >= 0.6 is 11.8 Å². The van der Waals surface area contributed by atoms with Crippen molar-refractivity contribution in [1.29, 1.82) is 0 Å². The van der Waals surface area contributed by atoms with E-state index in [9.17, 15) is 19.2 Å². The van der Waals surface area contributed by atoms with E-state index in [-0.39, 0.29) is 18.1 Å². The van der Waals surface area contributed by atoms with Crippen LogP contribution in [-0.4, -0.2) is 34.2 Å². The van der Waals surface area contributed by atoms with Crippen molar-refractivity contribution >= 4 is 40.6 Å². The van der Waals surface area contributed by atoms with Crippen LogP contribution in [0.25, 0.3) is 6.08 Å². The van der Waals surface area contributed by atoms with Gasteiger partial charge in [-0.15, -0.1) is 0 Å². The lowest BCUT2D eigenvalue weighted by Gasteiger charge is -2.11. The van der Waals surface area contributed by atoms with Crippen LogP contribution in [0.5, 0.6) is 0 Å². The van der Waals surface area contributed by atoms with Gasteiger partial charge >= 0.3 is 0 Å². The Morgan fingerprint density at radius 3 is 2.28 bits per heavy atom. The first-order valence-corrected chi connectivity index (χ1v) is 10.1. The first-order valence-electron chi connectivity index (χ1n) is 9.27. The molecule has 6 heteroatoms. The molecule has 1 aliphatic heterocycles. The first-order chi connectivity index (χ1) is 13.8. The molecule has 0 radical (unpaired) electrons. The van der Waals surface area contributed by atoms with Gasteiger partial charge in [0.05, 0.1) is 11.4 Å². The van der Waals surface area contributed by atoms with Crippen LogP contribution in [0.4, 0.5) is 4.79 Å². The number of benzene rings is 2. The van der Waals surface area contributed by atoms with Gasteiger partial charge in [-0.25, -0.2) is 0 Å². The van der Waals surface area contributed by atoms with E-state index in [1.165, 1.54) is 0 Å². The van der Waals surface area contributed by atoms with Gasteiger partial charge in [-0.1, -0.05) is 54.1 Å². The predicted octanol–water partition coefficient (Wildman–Crippen LogP) is 4.44. The summed E-state index contributed by atoms with van der Waals surface area (Å²) in [6.07, 6.45) is 2.82. The van der Waals surface area contributed by atoms with Crippen molar-refractivity contribution < 1.29 is 19.2 Å². The third-order valence-corrected chi connectivity index (χ3v) is 5.50. The minimum Gasteiger partial charge on any atom is -0.300 e. The number of imide groups is 1. The maximum atomic E-state index is 12.6. The second-order valence-corrected chi connectivity index (χ2v) is 7.99. The van der Waals surface area contributed by atoms with Gasteiger partial charge < -0.3 is 4.79 Å². The second kappa shape index (κ2) is 9.01. The van der Waals surface area contributed by atoms with E-state index in [0.29, 0.717) is 23.3 Å². The van der Waals surface area contributed by atoms with Crippen molar-refractivity contribution in [3.05, 3.63) is 75.7 Å². The molecule has 0 aliphatic carbocycles. The molecule has 5 nitrogen and oxygen atoms in total. The zero-order chi connectivity index (χ0) is 21.0. The quantitative estimate of drug-likeness (QED) is 0.501. The molecule has 29 heavy (non-hydrogen) atoms. The molecule has 0 saturated carbocycles. The summed E-state index contributed by atoms with van der Waals surface area (Å²) in [6, 6.07) is 14.5. The Balaban J connectivity index is 1.68. The molecule has 1 saturated heterocycles. The number of carbonyl (C=O) groups excluding carboxylic acids is 4. The Hall–Kier alpha value is -2.99. The molecular formula is C23H21NO4S. The number of aryl methyl sites for hydroxylation is 2. The summed E-state index contributed by atoms with van der Waals surface area (Å²) in [7, 11) is 0. The van der Waals surface area contributed by atoms with Gasteiger partial charge in [-0.2, -0.15) is 0 Å². The molecule has 1 aliphatic rings. The summed E-state index contributed by atoms with van der Waals surface area (Å²) in [5.74, 6) is -0.590. The summed E-state index contributed by atoms with van der Waals surface area (Å²) < 4.78 is 0. The molecule has 0 bridgehead atoms. The fourth-order valence-corrected chi connectivity index (χ4v) is 3.70. The molecular weight excluding hydrogens is 386 g/mol. The standard InChI is InChI=1S/C23H21NO4S/c1-15-3-11-19(12-4-15)20(26)14-24-22(27)21(29-23(24)28)13-18-9-7-17(8-10-18)6-5-16(2)25/h3-4,7-13H,5-6,14H2,1-2H3/b21-13-. The van der Waals surface area contributed by atoms with E-state index in [4.69, 9.17) is 0 Å². The van der Waals surface area contributed by atoms with Crippen molar-refractivity contribution in [2.75, 3.05) is 6.54 Å². The molecule has 148 valence electrons. The van der Waals surface area contributed by atoms with Crippen LogP contribution in [-0.2, 0) is 16.0 Å². The van der Waals surface area contributed by atoms with Gasteiger partial charge in [0.2, 0.25) is 0 Å². The zero-order valence-corrected chi connectivity index (χ0v) is 17.1. The Labute approximate surface area is 173 Å². The normalized spacial score (nSPS) is 15.2. The number of rotatable bonds is 7. The molecule has 1 heterocycles. The summed E-state index contributed by atoms with van der Waals surface area (Å²) in [5, 5.41) is -0.445. The molecule has 3 rings (SSSR count). The lowest BCUT2D eigenvalue weighted by Crippen LogP contribution is -2.33. The highest BCUT2D eigenvalue weighted by atomic mass is 32.2. The molecule has 0 N–H and O–H groups in total. The Morgan fingerprint density at radius 1 is 1.00 bits per heavy atom. The van der Waals surface area contributed by atoms with Crippen molar-refractivity contribution in [1.82, 2.24) is 4.90 Å². The maximum Gasteiger partial charge on any atom is 0.293 e. The summed E-state index contributed by atoms with van der Waals surface area (Å²) in [4.78, 5) is 49.6. The number of hydrogen-bond acceptors (Lipinski definition) is 5. The topological polar surface area (TPSA) is 71.5 Å². The van der Waals surface area contributed by atoms with Gasteiger partial charge in [-0.05, 0) is 49.2 Å². The Bertz CT molecular complexity index is 991. The Morgan fingerprint density at radius 2 is 1.66 bits per heavy atom. The van der Waals surface area contributed by atoms with Crippen LogP contribution in [0.3, 0.4) is 0 Å². The fraction of sp³-hybridized carbons (Fsp3) is 0.217. The van der Waals surface area contributed by atoms with E-state index in [2.05, 4.69) is 0 Å². The number of amides is 2. The zero-order valence-electron chi connectivity index (χ0n) is 16.3. The minimum atomic E-state index is -0.457. The van der Waals surface area contributed by atoms with Crippen molar-refractivity contribution in [2.24, 2.45) is 0 Å². The average molecular weight is 407 g/mol. The average Bonchev–Trinajstić information content (AvgIpc) is 2.95. The van der Waals surface area contributed by atoms with Crippen LogP contribution in [0.2, 0.25) is 0 Å². The van der Waals surface area contributed by atoms with E-state index in [1.54, 1.807) is 25.1 Å². The van der Waals surface area contributed by atoms with Crippen LogP contribution in [0.15, 0.2) is 53.4 Å². The smallest absolute Gasteiger partial charge is 0.293 e. The number of ketones is 2.